The summed E-state index contributed by atoms with van der Waals surface area (Å²) in [6.45, 7) is 1.32. The maximum absolute atomic E-state index is 12.7. The Balaban J connectivity index is 1.23. The van der Waals surface area contributed by atoms with Gasteiger partial charge in [-0.2, -0.15) is 0 Å². The number of hydrogen-bond donors (Lipinski definition) is 1. The maximum atomic E-state index is 12.7. The van der Waals surface area contributed by atoms with Crippen LogP contribution in [0.2, 0.25) is 0 Å². The third-order valence-electron chi connectivity index (χ3n) is 5.77. The smallest absolute Gasteiger partial charge is 0.276 e. The molecular formula is C22H20N2O3. The van der Waals surface area contributed by atoms with Crippen molar-refractivity contribution in [2.24, 2.45) is 5.41 Å². The van der Waals surface area contributed by atoms with Crippen LogP contribution in [0.1, 0.15) is 28.9 Å². The highest BCUT2D eigenvalue weighted by Crippen LogP contribution is 2.58. The number of amides is 1. The predicted octanol–water partition coefficient (Wildman–Crippen LogP) is 3.47. The molecule has 0 bridgehead atoms. The standard InChI is InChI=1S/C22H20N2O3/c25-20(18-11-19(27-23-18)16-7-3-1-4-8-16)24-14-21(15-24)12-22(26,13-21)17-9-5-2-6-10-17/h1-11,26H,12-15H2. The number of aliphatic hydroxyl groups is 1. The van der Waals surface area contributed by atoms with Crippen molar-refractivity contribution in [2.75, 3.05) is 13.1 Å². The van der Waals surface area contributed by atoms with Gasteiger partial charge in [-0.05, 0) is 18.4 Å². The monoisotopic (exact) mass is 360 g/mol. The lowest BCUT2D eigenvalue weighted by molar-refractivity contribution is -0.185. The molecule has 136 valence electrons. The van der Waals surface area contributed by atoms with Crippen molar-refractivity contribution in [1.82, 2.24) is 10.1 Å². The lowest BCUT2D eigenvalue weighted by Gasteiger charge is -2.62. The van der Waals surface area contributed by atoms with Crippen LogP contribution >= 0.6 is 0 Å². The van der Waals surface area contributed by atoms with Crippen molar-refractivity contribution in [1.29, 1.82) is 0 Å². The van der Waals surface area contributed by atoms with E-state index in [2.05, 4.69) is 5.16 Å². The first-order valence-corrected chi connectivity index (χ1v) is 9.16. The fraction of sp³-hybridized carbons (Fsp3) is 0.273. The Bertz CT molecular complexity index is 967. The molecule has 5 nitrogen and oxygen atoms in total. The molecule has 1 saturated carbocycles. The fourth-order valence-corrected chi connectivity index (χ4v) is 4.55. The molecule has 2 fully saturated rings. The first kappa shape index (κ1) is 16.3. The third-order valence-corrected chi connectivity index (χ3v) is 5.77. The van der Waals surface area contributed by atoms with Gasteiger partial charge in [-0.3, -0.25) is 4.79 Å². The largest absolute Gasteiger partial charge is 0.385 e. The molecule has 0 atom stereocenters. The van der Waals surface area contributed by atoms with Gasteiger partial charge in [0.15, 0.2) is 11.5 Å². The Kier molecular flexibility index (Phi) is 3.49. The van der Waals surface area contributed by atoms with Crippen LogP contribution in [0.3, 0.4) is 0 Å². The van der Waals surface area contributed by atoms with Gasteiger partial charge in [0.05, 0.1) is 5.60 Å². The van der Waals surface area contributed by atoms with Crippen LogP contribution in [0.4, 0.5) is 0 Å². The molecule has 0 radical (unpaired) electrons. The van der Waals surface area contributed by atoms with Crippen LogP contribution in [0.25, 0.3) is 11.3 Å². The molecule has 5 heteroatoms. The molecule has 2 aromatic carbocycles. The number of nitrogens with zero attached hydrogens (tertiary/aromatic N) is 2. The average Bonchev–Trinajstić information content (AvgIpc) is 3.15. The molecule has 27 heavy (non-hydrogen) atoms. The molecule has 5 rings (SSSR count). The van der Waals surface area contributed by atoms with E-state index in [9.17, 15) is 9.90 Å². The van der Waals surface area contributed by atoms with E-state index in [0.717, 1.165) is 11.1 Å². The Hall–Kier alpha value is -2.92. The van der Waals surface area contributed by atoms with Gasteiger partial charge in [-0.25, -0.2) is 0 Å². The Morgan fingerprint density at radius 2 is 1.63 bits per heavy atom. The molecule has 1 aliphatic heterocycles. The maximum Gasteiger partial charge on any atom is 0.276 e. The number of carbonyl (C=O) groups is 1. The van der Waals surface area contributed by atoms with Crippen LogP contribution in [0.15, 0.2) is 71.3 Å². The summed E-state index contributed by atoms with van der Waals surface area (Å²) >= 11 is 0. The lowest BCUT2D eigenvalue weighted by Crippen LogP contribution is -2.67. The summed E-state index contributed by atoms with van der Waals surface area (Å²) in [6, 6.07) is 21.1. The number of likely N-dealkylation sites (tertiary alicyclic amines) is 1. The van der Waals surface area contributed by atoms with E-state index in [4.69, 9.17) is 4.52 Å². The van der Waals surface area contributed by atoms with Gasteiger partial charge in [-0.15, -0.1) is 0 Å². The molecule has 1 spiro atoms. The zero-order valence-electron chi connectivity index (χ0n) is 14.8. The molecule has 2 heterocycles. The van der Waals surface area contributed by atoms with Crippen molar-refractivity contribution in [3.05, 3.63) is 78.0 Å². The summed E-state index contributed by atoms with van der Waals surface area (Å²) in [6.07, 6.45) is 1.39. The number of benzene rings is 2. The highest BCUT2D eigenvalue weighted by Gasteiger charge is 2.61. The van der Waals surface area contributed by atoms with E-state index in [1.54, 1.807) is 11.0 Å². The number of hydrogen-bond acceptors (Lipinski definition) is 4. The molecule has 0 unspecified atom stereocenters. The van der Waals surface area contributed by atoms with Crippen molar-refractivity contribution >= 4 is 5.91 Å². The van der Waals surface area contributed by atoms with Crippen LogP contribution in [-0.2, 0) is 5.60 Å². The van der Waals surface area contributed by atoms with Crippen molar-refractivity contribution in [3.8, 4) is 11.3 Å². The Morgan fingerprint density at radius 3 is 2.30 bits per heavy atom. The van der Waals surface area contributed by atoms with Gasteiger partial charge in [0.1, 0.15) is 0 Å². The zero-order chi connectivity index (χ0) is 18.5. The average molecular weight is 360 g/mol. The summed E-state index contributed by atoms with van der Waals surface area (Å²) in [5.41, 5.74) is 1.47. The van der Waals surface area contributed by atoms with Crippen LogP contribution in [0.5, 0.6) is 0 Å². The first-order chi connectivity index (χ1) is 13.1. The van der Waals surface area contributed by atoms with Crippen molar-refractivity contribution in [2.45, 2.75) is 18.4 Å². The lowest BCUT2D eigenvalue weighted by atomic mass is 9.53. The molecule has 1 amide bonds. The highest BCUT2D eigenvalue weighted by molar-refractivity contribution is 5.93. The molecule has 1 saturated heterocycles. The first-order valence-electron chi connectivity index (χ1n) is 9.16. The third kappa shape index (κ3) is 2.66. The van der Waals surface area contributed by atoms with Crippen molar-refractivity contribution < 1.29 is 14.4 Å². The van der Waals surface area contributed by atoms with Gasteiger partial charge in [-0.1, -0.05) is 65.8 Å². The number of carbonyl (C=O) groups excluding carboxylic acids is 1. The van der Waals surface area contributed by atoms with Gasteiger partial charge in [0.25, 0.3) is 5.91 Å². The quantitative estimate of drug-likeness (QED) is 0.777. The topological polar surface area (TPSA) is 66.6 Å². The van der Waals surface area contributed by atoms with Gasteiger partial charge in [0, 0.05) is 30.1 Å². The predicted molar refractivity (Wildman–Crippen MR) is 99.8 cm³/mol. The summed E-state index contributed by atoms with van der Waals surface area (Å²) in [4.78, 5) is 14.5. The van der Waals surface area contributed by atoms with Crippen molar-refractivity contribution in [3.63, 3.8) is 0 Å². The van der Waals surface area contributed by atoms with Crippen LogP contribution in [-0.4, -0.2) is 34.2 Å². The molecule has 1 aromatic heterocycles. The summed E-state index contributed by atoms with van der Waals surface area (Å²) in [5.74, 6) is 0.484. The van der Waals surface area contributed by atoms with Crippen LogP contribution in [0, 0.1) is 5.41 Å². The second-order valence-corrected chi connectivity index (χ2v) is 7.85. The van der Waals surface area contributed by atoms with E-state index in [-0.39, 0.29) is 11.3 Å². The summed E-state index contributed by atoms with van der Waals surface area (Å²) in [5, 5.41) is 14.8. The van der Waals surface area contributed by atoms with E-state index < -0.39 is 5.60 Å². The number of aromatic nitrogens is 1. The van der Waals surface area contributed by atoms with E-state index >= 15 is 0 Å². The van der Waals surface area contributed by atoms with E-state index in [0.29, 0.717) is 37.4 Å². The van der Waals surface area contributed by atoms with Gasteiger partial charge in [0.2, 0.25) is 0 Å². The normalized spacial score (nSPS) is 19.4. The Morgan fingerprint density at radius 1 is 1.00 bits per heavy atom. The molecule has 1 N–H and O–H groups in total. The van der Waals surface area contributed by atoms with Crippen LogP contribution < -0.4 is 0 Å². The summed E-state index contributed by atoms with van der Waals surface area (Å²) < 4.78 is 5.34. The fourth-order valence-electron chi connectivity index (χ4n) is 4.55. The highest BCUT2D eigenvalue weighted by atomic mass is 16.5. The molecule has 1 aliphatic carbocycles. The van der Waals surface area contributed by atoms with Gasteiger partial charge >= 0.3 is 0 Å². The minimum absolute atomic E-state index is 0.0340. The molecular weight excluding hydrogens is 340 g/mol. The Labute approximate surface area is 157 Å². The number of rotatable bonds is 3. The van der Waals surface area contributed by atoms with E-state index in [1.165, 1.54) is 0 Å². The van der Waals surface area contributed by atoms with Gasteiger partial charge < -0.3 is 14.5 Å². The SMILES string of the molecule is O=C(c1cc(-c2ccccc2)on1)N1CC2(C1)CC(O)(c1ccccc1)C2. The minimum Gasteiger partial charge on any atom is -0.385 e. The molecule has 3 aromatic rings. The molecule has 2 aliphatic rings. The second-order valence-electron chi connectivity index (χ2n) is 7.85. The second kappa shape index (κ2) is 5.79. The zero-order valence-corrected chi connectivity index (χ0v) is 14.8. The van der Waals surface area contributed by atoms with E-state index in [1.807, 2.05) is 60.7 Å². The minimum atomic E-state index is -0.759. The summed E-state index contributed by atoms with van der Waals surface area (Å²) in [7, 11) is 0.